The third kappa shape index (κ3) is 1.68. The minimum Gasteiger partial charge on any atom is -0.398 e. The molecule has 3 rings (SSSR count). The number of fused-ring (bicyclic) bond motifs is 1. The molecule has 3 amide bonds. The number of benzene rings is 1. The zero-order chi connectivity index (χ0) is 13.6. The number of nitrogens with one attached hydrogen (secondary N) is 1. The van der Waals surface area contributed by atoms with Crippen LogP contribution in [0.3, 0.4) is 0 Å². The van der Waals surface area contributed by atoms with Crippen LogP contribution < -0.4 is 11.1 Å². The average molecular weight is 259 g/mol. The Hall–Kier alpha value is -2.37. The minimum atomic E-state index is -0.760. The van der Waals surface area contributed by atoms with Crippen LogP contribution in [0.2, 0.25) is 0 Å². The Kier molecular flexibility index (Phi) is 2.51. The average Bonchev–Trinajstić information content (AvgIpc) is 2.68. The fourth-order valence-corrected chi connectivity index (χ4v) is 2.61. The standard InChI is InChI=1S/C13H13N3O3/c14-8-4-1-3-7-11(8)12(15-13(7)19)16-9(17)5-2-6-10(16)18/h1,3-4,12H,2,5-6,14H2,(H,15,19). The maximum absolute atomic E-state index is 11.9. The first-order valence-electron chi connectivity index (χ1n) is 6.13. The molecule has 1 aromatic carbocycles. The van der Waals surface area contributed by atoms with E-state index in [0.29, 0.717) is 36.1 Å². The molecule has 0 aromatic heterocycles. The number of amides is 3. The van der Waals surface area contributed by atoms with Gasteiger partial charge in [0.2, 0.25) is 11.8 Å². The number of nitrogen functional groups attached to an aromatic ring is 1. The molecular weight excluding hydrogens is 246 g/mol. The van der Waals surface area contributed by atoms with Gasteiger partial charge in [-0.2, -0.15) is 0 Å². The molecule has 0 aliphatic carbocycles. The number of piperidine rings is 1. The number of likely N-dealkylation sites (tertiary alicyclic amines) is 1. The van der Waals surface area contributed by atoms with Crippen LogP contribution >= 0.6 is 0 Å². The van der Waals surface area contributed by atoms with Crippen molar-refractivity contribution in [2.75, 3.05) is 5.73 Å². The Morgan fingerprint density at radius 1 is 1.16 bits per heavy atom. The van der Waals surface area contributed by atoms with E-state index in [2.05, 4.69) is 5.32 Å². The van der Waals surface area contributed by atoms with Crippen molar-refractivity contribution in [2.24, 2.45) is 0 Å². The number of carbonyl (C=O) groups is 3. The highest BCUT2D eigenvalue weighted by Gasteiger charge is 2.40. The van der Waals surface area contributed by atoms with E-state index in [0.717, 1.165) is 4.90 Å². The third-order valence-corrected chi connectivity index (χ3v) is 3.50. The zero-order valence-corrected chi connectivity index (χ0v) is 10.2. The summed E-state index contributed by atoms with van der Waals surface area (Å²) in [5.74, 6) is -0.839. The van der Waals surface area contributed by atoms with Gasteiger partial charge in [-0.15, -0.1) is 0 Å². The van der Waals surface area contributed by atoms with E-state index in [1.54, 1.807) is 18.2 Å². The summed E-state index contributed by atoms with van der Waals surface area (Å²) >= 11 is 0. The van der Waals surface area contributed by atoms with Gasteiger partial charge in [0.15, 0.2) is 0 Å². The molecule has 1 aromatic rings. The predicted molar refractivity (Wildman–Crippen MR) is 66.8 cm³/mol. The monoisotopic (exact) mass is 259 g/mol. The van der Waals surface area contributed by atoms with Crippen molar-refractivity contribution in [3.8, 4) is 0 Å². The molecule has 0 saturated carbocycles. The molecular formula is C13H13N3O3. The third-order valence-electron chi connectivity index (χ3n) is 3.50. The van der Waals surface area contributed by atoms with Crippen molar-refractivity contribution >= 4 is 23.4 Å². The number of rotatable bonds is 1. The van der Waals surface area contributed by atoms with Crippen LogP contribution in [0.25, 0.3) is 0 Å². The highest BCUT2D eigenvalue weighted by molar-refractivity contribution is 6.04. The smallest absolute Gasteiger partial charge is 0.253 e. The minimum absolute atomic E-state index is 0.266. The Morgan fingerprint density at radius 2 is 1.84 bits per heavy atom. The fourth-order valence-electron chi connectivity index (χ4n) is 2.61. The molecule has 0 bridgehead atoms. The van der Waals surface area contributed by atoms with Gasteiger partial charge in [-0.1, -0.05) is 6.07 Å². The molecule has 0 spiro atoms. The van der Waals surface area contributed by atoms with Gasteiger partial charge in [0, 0.05) is 29.7 Å². The van der Waals surface area contributed by atoms with Crippen LogP contribution in [0.4, 0.5) is 5.69 Å². The van der Waals surface area contributed by atoms with E-state index in [1.165, 1.54) is 0 Å². The molecule has 2 aliphatic heterocycles. The Balaban J connectivity index is 2.07. The van der Waals surface area contributed by atoms with Gasteiger partial charge in [0.25, 0.3) is 5.91 Å². The first-order valence-corrected chi connectivity index (χ1v) is 6.13. The molecule has 1 saturated heterocycles. The van der Waals surface area contributed by atoms with Crippen molar-refractivity contribution in [1.29, 1.82) is 0 Å². The maximum atomic E-state index is 11.9. The molecule has 6 nitrogen and oxygen atoms in total. The van der Waals surface area contributed by atoms with Gasteiger partial charge in [-0.3, -0.25) is 19.3 Å². The first kappa shape index (κ1) is 11.7. The molecule has 19 heavy (non-hydrogen) atoms. The van der Waals surface area contributed by atoms with Crippen LogP contribution in [0.1, 0.15) is 41.3 Å². The molecule has 1 atom stereocenters. The lowest BCUT2D eigenvalue weighted by Crippen LogP contribution is -2.46. The number of hydrogen-bond donors (Lipinski definition) is 2. The quantitative estimate of drug-likeness (QED) is 0.569. The van der Waals surface area contributed by atoms with Gasteiger partial charge >= 0.3 is 0 Å². The molecule has 1 unspecified atom stereocenters. The van der Waals surface area contributed by atoms with Gasteiger partial charge in [-0.05, 0) is 18.6 Å². The van der Waals surface area contributed by atoms with Crippen LogP contribution in [-0.2, 0) is 9.59 Å². The number of carbonyl (C=O) groups excluding carboxylic acids is 3. The predicted octanol–water partition coefficient (Wildman–Crippen LogP) is 0.550. The lowest BCUT2D eigenvalue weighted by molar-refractivity contribution is -0.151. The Morgan fingerprint density at radius 3 is 2.53 bits per heavy atom. The second-order valence-electron chi connectivity index (χ2n) is 4.70. The van der Waals surface area contributed by atoms with Crippen molar-refractivity contribution in [1.82, 2.24) is 10.2 Å². The van der Waals surface area contributed by atoms with E-state index in [1.807, 2.05) is 0 Å². The molecule has 0 radical (unpaired) electrons. The van der Waals surface area contributed by atoms with Gasteiger partial charge in [0.05, 0.1) is 0 Å². The maximum Gasteiger partial charge on any atom is 0.253 e. The van der Waals surface area contributed by atoms with Crippen LogP contribution in [0.15, 0.2) is 18.2 Å². The van der Waals surface area contributed by atoms with Crippen LogP contribution in [0, 0.1) is 0 Å². The largest absolute Gasteiger partial charge is 0.398 e. The van der Waals surface area contributed by atoms with Gasteiger partial charge in [0.1, 0.15) is 6.17 Å². The summed E-state index contributed by atoms with van der Waals surface area (Å²) in [6, 6.07) is 4.97. The normalized spacial score (nSPS) is 22.4. The van der Waals surface area contributed by atoms with E-state index in [-0.39, 0.29) is 17.7 Å². The fraction of sp³-hybridized carbons (Fsp3) is 0.308. The molecule has 2 aliphatic rings. The molecule has 6 heteroatoms. The highest BCUT2D eigenvalue weighted by atomic mass is 16.2. The first-order chi connectivity index (χ1) is 9.09. The van der Waals surface area contributed by atoms with E-state index in [9.17, 15) is 14.4 Å². The number of nitrogens with two attached hydrogens (primary N) is 1. The number of anilines is 1. The second-order valence-corrected chi connectivity index (χ2v) is 4.70. The van der Waals surface area contributed by atoms with E-state index in [4.69, 9.17) is 5.73 Å². The molecule has 3 N–H and O–H groups in total. The number of imide groups is 1. The molecule has 1 fully saturated rings. The zero-order valence-electron chi connectivity index (χ0n) is 10.2. The molecule has 98 valence electrons. The van der Waals surface area contributed by atoms with Crippen molar-refractivity contribution in [2.45, 2.75) is 25.4 Å². The lowest BCUT2D eigenvalue weighted by atomic mass is 10.0. The Labute approximate surface area is 109 Å². The summed E-state index contributed by atoms with van der Waals surface area (Å²) in [5.41, 5.74) is 7.24. The summed E-state index contributed by atoms with van der Waals surface area (Å²) in [5, 5.41) is 2.66. The summed E-state index contributed by atoms with van der Waals surface area (Å²) in [7, 11) is 0. The van der Waals surface area contributed by atoms with Crippen LogP contribution in [-0.4, -0.2) is 22.6 Å². The molecule has 2 heterocycles. The topological polar surface area (TPSA) is 92.5 Å². The SMILES string of the molecule is Nc1cccc2c1C(N1C(=O)CCCC1=O)NC2=O. The van der Waals surface area contributed by atoms with Crippen molar-refractivity contribution in [3.05, 3.63) is 29.3 Å². The van der Waals surface area contributed by atoms with Crippen LogP contribution in [0.5, 0.6) is 0 Å². The summed E-state index contributed by atoms with van der Waals surface area (Å²) in [4.78, 5) is 36.9. The van der Waals surface area contributed by atoms with E-state index < -0.39 is 6.17 Å². The summed E-state index contributed by atoms with van der Waals surface area (Å²) in [6.07, 6.45) is 0.441. The Bertz CT molecular complexity index is 581. The van der Waals surface area contributed by atoms with Crippen molar-refractivity contribution in [3.63, 3.8) is 0 Å². The summed E-state index contributed by atoms with van der Waals surface area (Å²) in [6.45, 7) is 0. The van der Waals surface area contributed by atoms with Gasteiger partial charge in [-0.25, -0.2) is 0 Å². The number of nitrogens with zero attached hydrogens (tertiary/aromatic N) is 1. The van der Waals surface area contributed by atoms with Gasteiger partial charge < -0.3 is 11.1 Å². The van der Waals surface area contributed by atoms with Crippen molar-refractivity contribution < 1.29 is 14.4 Å². The summed E-state index contributed by atoms with van der Waals surface area (Å²) < 4.78 is 0. The number of hydrogen-bond acceptors (Lipinski definition) is 4. The second kappa shape index (κ2) is 4.08. The van der Waals surface area contributed by atoms with E-state index >= 15 is 0 Å². The lowest BCUT2D eigenvalue weighted by Gasteiger charge is -2.31. The highest BCUT2D eigenvalue weighted by Crippen LogP contribution is 2.34.